The van der Waals surface area contributed by atoms with Gasteiger partial charge in [-0.15, -0.1) is 0 Å². The van der Waals surface area contributed by atoms with Crippen LogP contribution in [0.1, 0.15) is 0 Å². The van der Waals surface area contributed by atoms with E-state index < -0.39 is 0 Å². The molecule has 0 saturated heterocycles. The summed E-state index contributed by atoms with van der Waals surface area (Å²) >= 11 is 1.65. The van der Waals surface area contributed by atoms with Crippen molar-refractivity contribution < 1.29 is 0 Å². The van der Waals surface area contributed by atoms with Gasteiger partial charge in [-0.3, -0.25) is 4.40 Å². The lowest BCUT2D eigenvalue weighted by Gasteiger charge is -1.94. The van der Waals surface area contributed by atoms with Gasteiger partial charge in [-0.05, 0) is 18.2 Å². The number of imidazole rings is 1. The first-order valence-electron chi connectivity index (χ1n) is 4.93. The molecule has 2 heterocycles. The summed E-state index contributed by atoms with van der Waals surface area (Å²) in [6, 6.07) is 12.1. The fourth-order valence-electron chi connectivity index (χ4n) is 1.48. The Labute approximate surface area is 97.2 Å². The molecular formula is C12H9N3S. The highest BCUT2D eigenvalue weighted by atomic mass is 32.2. The molecule has 0 unspecified atom stereocenters. The Morgan fingerprint density at radius 3 is 2.75 bits per heavy atom. The molecule has 4 heteroatoms. The monoisotopic (exact) mass is 227 g/mol. The van der Waals surface area contributed by atoms with Crippen LogP contribution in [0.25, 0.3) is 5.65 Å². The molecule has 0 fully saturated rings. The second-order valence-electron chi connectivity index (χ2n) is 3.34. The molecule has 0 atom stereocenters. The Morgan fingerprint density at radius 2 is 1.94 bits per heavy atom. The molecule has 0 bridgehead atoms. The highest BCUT2D eigenvalue weighted by molar-refractivity contribution is 7.99. The van der Waals surface area contributed by atoms with Crippen molar-refractivity contribution in [2.45, 2.75) is 9.92 Å². The number of rotatable bonds is 2. The number of fused-ring (bicyclic) bond motifs is 1. The van der Waals surface area contributed by atoms with E-state index in [1.54, 1.807) is 24.3 Å². The lowest BCUT2D eigenvalue weighted by Crippen LogP contribution is -1.81. The minimum Gasteiger partial charge on any atom is -0.289 e. The van der Waals surface area contributed by atoms with Gasteiger partial charge in [0.2, 0.25) is 0 Å². The standard InChI is InChI=1S/C12H9N3S/c1-2-4-10(5-3-1)16-12-8-15-9-13-7-6-11(15)14-12/h1-9H. The molecule has 2 aromatic heterocycles. The highest BCUT2D eigenvalue weighted by Crippen LogP contribution is 2.26. The van der Waals surface area contributed by atoms with Gasteiger partial charge in [0, 0.05) is 17.3 Å². The smallest absolute Gasteiger partial charge is 0.140 e. The van der Waals surface area contributed by atoms with Crippen LogP contribution in [0.15, 0.2) is 65.0 Å². The maximum Gasteiger partial charge on any atom is 0.140 e. The molecule has 3 rings (SSSR count). The molecule has 3 aromatic rings. The van der Waals surface area contributed by atoms with E-state index in [4.69, 9.17) is 0 Å². The van der Waals surface area contributed by atoms with E-state index in [0.29, 0.717) is 0 Å². The van der Waals surface area contributed by atoms with Crippen molar-refractivity contribution in [3.63, 3.8) is 0 Å². The van der Waals surface area contributed by atoms with Crippen molar-refractivity contribution in [2.75, 3.05) is 0 Å². The van der Waals surface area contributed by atoms with Gasteiger partial charge in [-0.1, -0.05) is 30.0 Å². The Balaban J connectivity index is 1.95. The van der Waals surface area contributed by atoms with Crippen molar-refractivity contribution in [3.05, 3.63) is 55.1 Å². The minimum absolute atomic E-state index is 0.924. The zero-order chi connectivity index (χ0) is 10.8. The first-order valence-corrected chi connectivity index (χ1v) is 5.75. The Morgan fingerprint density at radius 1 is 1.06 bits per heavy atom. The van der Waals surface area contributed by atoms with Crippen molar-refractivity contribution in [1.82, 2.24) is 14.4 Å². The van der Waals surface area contributed by atoms with E-state index in [1.807, 2.05) is 34.9 Å². The molecule has 0 saturated carbocycles. The molecule has 0 aliphatic rings. The molecule has 78 valence electrons. The molecule has 0 amide bonds. The molecular weight excluding hydrogens is 218 g/mol. The molecule has 1 aromatic carbocycles. The quantitative estimate of drug-likeness (QED) is 0.674. The summed E-state index contributed by atoms with van der Waals surface area (Å²) in [5, 5.41) is 0.985. The molecule has 0 N–H and O–H groups in total. The summed E-state index contributed by atoms with van der Waals surface area (Å²) in [5.41, 5.74) is 0.924. The van der Waals surface area contributed by atoms with Crippen molar-refractivity contribution in [1.29, 1.82) is 0 Å². The maximum atomic E-state index is 4.49. The fourth-order valence-corrected chi connectivity index (χ4v) is 2.32. The lowest BCUT2D eigenvalue weighted by molar-refractivity contribution is 1.08. The first-order chi connectivity index (χ1) is 7.92. The summed E-state index contributed by atoms with van der Waals surface area (Å²) in [5.74, 6) is 0. The number of aromatic nitrogens is 3. The topological polar surface area (TPSA) is 30.2 Å². The number of hydrogen-bond acceptors (Lipinski definition) is 3. The second kappa shape index (κ2) is 3.98. The van der Waals surface area contributed by atoms with E-state index in [9.17, 15) is 0 Å². The zero-order valence-corrected chi connectivity index (χ0v) is 9.26. The third-order valence-electron chi connectivity index (χ3n) is 2.21. The number of hydrogen-bond donors (Lipinski definition) is 0. The van der Waals surface area contributed by atoms with Crippen LogP contribution in [0.5, 0.6) is 0 Å². The summed E-state index contributed by atoms with van der Waals surface area (Å²) in [6.45, 7) is 0. The minimum atomic E-state index is 0.924. The van der Waals surface area contributed by atoms with E-state index in [1.165, 1.54) is 4.90 Å². The predicted octanol–water partition coefficient (Wildman–Crippen LogP) is 2.88. The van der Waals surface area contributed by atoms with Gasteiger partial charge < -0.3 is 0 Å². The van der Waals surface area contributed by atoms with Gasteiger partial charge >= 0.3 is 0 Å². The molecule has 0 spiro atoms. The highest BCUT2D eigenvalue weighted by Gasteiger charge is 2.02. The van der Waals surface area contributed by atoms with Crippen LogP contribution in [0.4, 0.5) is 0 Å². The van der Waals surface area contributed by atoms with Crippen LogP contribution in [0.2, 0.25) is 0 Å². The summed E-state index contributed by atoms with van der Waals surface area (Å²) < 4.78 is 1.92. The summed E-state index contributed by atoms with van der Waals surface area (Å²) in [4.78, 5) is 9.73. The van der Waals surface area contributed by atoms with Crippen LogP contribution in [0.3, 0.4) is 0 Å². The third kappa shape index (κ3) is 1.79. The largest absolute Gasteiger partial charge is 0.289 e. The van der Waals surface area contributed by atoms with E-state index in [2.05, 4.69) is 22.1 Å². The van der Waals surface area contributed by atoms with E-state index in [0.717, 1.165) is 10.7 Å². The van der Waals surface area contributed by atoms with Crippen LogP contribution in [-0.4, -0.2) is 14.4 Å². The fraction of sp³-hybridized carbons (Fsp3) is 0. The maximum absolute atomic E-state index is 4.49. The molecule has 0 aliphatic carbocycles. The zero-order valence-electron chi connectivity index (χ0n) is 8.45. The van der Waals surface area contributed by atoms with Gasteiger partial charge in [0.15, 0.2) is 0 Å². The van der Waals surface area contributed by atoms with Crippen LogP contribution >= 0.6 is 11.8 Å². The van der Waals surface area contributed by atoms with E-state index in [-0.39, 0.29) is 0 Å². The van der Waals surface area contributed by atoms with Crippen LogP contribution in [-0.2, 0) is 0 Å². The Bertz CT molecular complexity index is 571. The SMILES string of the molecule is c1ccc(Sc2cn3cnccc3n2)cc1. The Kier molecular flexibility index (Phi) is 2.34. The Hall–Kier alpha value is -1.81. The third-order valence-corrected chi connectivity index (χ3v) is 3.12. The average molecular weight is 227 g/mol. The molecule has 0 radical (unpaired) electrons. The molecule has 3 nitrogen and oxygen atoms in total. The van der Waals surface area contributed by atoms with Crippen LogP contribution < -0.4 is 0 Å². The summed E-state index contributed by atoms with van der Waals surface area (Å²) in [6.07, 6.45) is 5.50. The number of benzene rings is 1. The van der Waals surface area contributed by atoms with Gasteiger partial charge in [0.1, 0.15) is 17.0 Å². The molecule has 0 aliphatic heterocycles. The van der Waals surface area contributed by atoms with Crippen molar-refractivity contribution >= 4 is 17.4 Å². The normalized spacial score (nSPS) is 10.8. The van der Waals surface area contributed by atoms with Crippen molar-refractivity contribution in [3.8, 4) is 0 Å². The van der Waals surface area contributed by atoms with Crippen LogP contribution in [0, 0.1) is 0 Å². The number of nitrogens with zero attached hydrogens (tertiary/aromatic N) is 3. The predicted molar refractivity (Wildman–Crippen MR) is 63.6 cm³/mol. The van der Waals surface area contributed by atoms with Gasteiger partial charge in [0.25, 0.3) is 0 Å². The molecule has 16 heavy (non-hydrogen) atoms. The summed E-state index contributed by atoms with van der Waals surface area (Å²) in [7, 11) is 0. The van der Waals surface area contributed by atoms with Gasteiger partial charge in [0.05, 0.1) is 0 Å². The van der Waals surface area contributed by atoms with E-state index >= 15 is 0 Å². The van der Waals surface area contributed by atoms with Gasteiger partial charge in [-0.25, -0.2) is 9.97 Å². The second-order valence-corrected chi connectivity index (χ2v) is 4.43. The average Bonchev–Trinajstić information content (AvgIpc) is 2.72. The lowest BCUT2D eigenvalue weighted by atomic mass is 10.4. The van der Waals surface area contributed by atoms with Crippen molar-refractivity contribution in [2.24, 2.45) is 0 Å². The van der Waals surface area contributed by atoms with Gasteiger partial charge in [-0.2, -0.15) is 0 Å². The first kappa shape index (κ1) is 9.42.